The second kappa shape index (κ2) is 7.09. The van der Waals surface area contributed by atoms with Crippen LogP contribution in [0.5, 0.6) is 0 Å². The molecule has 128 valence electrons. The van der Waals surface area contributed by atoms with Crippen molar-refractivity contribution in [2.24, 2.45) is 0 Å². The van der Waals surface area contributed by atoms with Gasteiger partial charge in [0, 0.05) is 36.9 Å². The second-order valence-electron chi connectivity index (χ2n) is 5.75. The van der Waals surface area contributed by atoms with Crippen molar-refractivity contribution in [3.8, 4) is 0 Å². The van der Waals surface area contributed by atoms with Gasteiger partial charge in [-0.1, -0.05) is 23.7 Å². The summed E-state index contributed by atoms with van der Waals surface area (Å²) >= 11 is 5.83. The summed E-state index contributed by atoms with van der Waals surface area (Å²) in [7, 11) is -3.36. The molecule has 4 nitrogen and oxygen atoms in total. The van der Waals surface area contributed by atoms with E-state index in [-0.39, 0.29) is 11.6 Å². The maximum atomic E-state index is 13.0. The highest BCUT2D eigenvalue weighted by Crippen LogP contribution is 2.20. The molecule has 0 unspecified atom stereocenters. The standard InChI is InChI=1S/C17H18ClFN2O2S/c18-15-3-1-14(2-4-15)13-24(22,23)21-11-9-20(10-12-21)17-7-5-16(19)6-8-17/h1-8H,9-13H2. The molecule has 0 aromatic heterocycles. The number of benzene rings is 2. The van der Waals surface area contributed by atoms with E-state index in [0.717, 1.165) is 11.3 Å². The van der Waals surface area contributed by atoms with Gasteiger partial charge in [0.1, 0.15) is 5.82 Å². The number of piperazine rings is 1. The largest absolute Gasteiger partial charge is 0.369 e. The number of halogens is 2. The number of nitrogens with zero attached hydrogens (tertiary/aromatic N) is 2. The third-order valence-electron chi connectivity index (χ3n) is 4.09. The van der Waals surface area contributed by atoms with Gasteiger partial charge in [-0.2, -0.15) is 4.31 Å². The first-order chi connectivity index (χ1) is 11.4. The predicted molar refractivity (Wildman–Crippen MR) is 94.3 cm³/mol. The van der Waals surface area contributed by atoms with E-state index >= 15 is 0 Å². The third kappa shape index (κ3) is 4.06. The Morgan fingerprint density at radius 3 is 2.08 bits per heavy atom. The van der Waals surface area contributed by atoms with E-state index in [2.05, 4.69) is 4.90 Å². The summed E-state index contributed by atoms with van der Waals surface area (Å²) in [6, 6.07) is 13.1. The molecule has 7 heteroatoms. The van der Waals surface area contributed by atoms with Crippen molar-refractivity contribution in [2.75, 3.05) is 31.1 Å². The molecule has 2 aromatic carbocycles. The lowest BCUT2D eigenvalue weighted by Gasteiger charge is -2.35. The van der Waals surface area contributed by atoms with Gasteiger partial charge in [0.25, 0.3) is 0 Å². The minimum absolute atomic E-state index is 0.0271. The molecule has 0 amide bonds. The van der Waals surface area contributed by atoms with Gasteiger partial charge in [0.05, 0.1) is 5.75 Å². The zero-order valence-electron chi connectivity index (χ0n) is 13.0. The van der Waals surface area contributed by atoms with Crippen molar-refractivity contribution in [3.05, 3.63) is 64.9 Å². The van der Waals surface area contributed by atoms with Crippen LogP contribution in [-0.2, 0) is 15.8 Å². The molecule has 0 N–H and O–H groups in total. The first kappa shape index (κ1) is 17.2. The van der Waals surface area contributed by atoms with Crippen LogP contribution in [0.15, 0.2) is 48.5 Å². The number of sulfonamides is 1. The highest BCUT2D eigenvalue weighted by Gasteiger charge is 2.27. The van der Waals surface area contributed by atoms with Gasteiger partial charge in [0.2, 0.25) is 10.0 Å². The predicted octanol–water partition coefficient (Wildman–Crippen LogP) is 3.13. The monoisotopic (exact) mass is 368 g/mol. The van der Waals surface area contributed by atoms with Gasteiger partial charge in [-0.15, -0.1) is 0 Å². The Morgan fingerprint density at radius 2 is 1.50 bits per heavy atom. The molecule has 24 heavy (non-hydrogen) atoms. The van der Waals surface area contributed by atoms with Gasteiger partial charge in [-0.3, -0.25) is 0 Å². The SMILES string of the molecule is O=S(=O)(Cc1ccc(Cl)cc1)N1CCN(c2ccc(F)cc2)CC1. The van der Waals surface area contributed by atoms with Crippen molar-refractivity contribution in [3.63, 3.8) is 0 Å². The average Bonchev–Trinajstić information content (AvgIpc) is 2.58. The van der Waals surface area contributed by atoms with Crippen LogP contribution in [0.4, 0.5) is 10.1 Å². The maximum absolute atomic E-state index is 13.0. The lowest BCUT2D eigenvalue weighted by molar-refractivity contribution is 0.384. The van der Waals surface area contributed by atoms with Crippen LogP contribution >= 0.6 is 11.6 Å². The lowest BCUT2D eigenvalue weighted by atomic mass is 10.2. The fraction of sp³-hybridized carbons (Fsp3) is 0.294. The molecule has 0 spiro atoms. The van der Waals surface area contributed by atoms with Crippen LogP contribution < -0.4 is 4.90 Å². The Kier molecular flexibility index (Phi) is 5.08. The molecule has 0 bridgehead atoms. The van der Waals surface area contributed by atoms with Gasteiger partial charge in [0.15, 0.2) is 0 Å². The average molecular weight is 369 g/mol. The van der Waals surface area contributed by atoms with E-state index < -0.39 is 10.0 Å². The normalized spacial score (nSPS) is 16.3. The summed E-state index contributed by atoms with van der Waals surface area (Å²) in [6.45, 7) is 2.03. The van der Waals surface area contributed by atoms with Crippen molar-refractivity contribution < 1.29 is 12.8 Å². The van der Waals surface area contributed by atoms with Crippen molar-refractivity contribution >= 4 is 27.3 Å². The van der Waals surface area contributed by atoms with E-state index in [9.17, 15) is 12.8 Å². The Morgan fingerprint density at radius 1 is 0.917 bits per heavy atom. The van der Waals surface area contributed by atoms with Crippen molar-refractivity contribution in [1.29, 1.82) is 0 Å². The minimum atomic E-state index is -3.36. The van der Waals surface area contributed by atoms with Gasteiger partial charge < -0.3 is 4.90 Å². The smallest absolute Gasteiger partial charge is 0.218 e. The number of hydrogen-bond donors (Lipinski definition) is 0. The van der Waals surface area contributed by atoms with Gasteiger partial charge in [-0.25, -0.2) is 12.8 Å². The first-order valence-electron chi connectivity index (χ1n) is 7.67. The van der Waals surface area contributed by atoms with Gasteiger partial charge >= 0.3 is 0 Å². The van der Waals surface area contributed by atoms with E-state index in [1.807, 2.05) is 0 Å². The molecule has 3 rings (SSSR count). The molecule has 1 saturated heterocycles. The molecule has 1 heterocycles. The zero-order chi connectivity index (χ0) is 17.2. The van der Waals surface area contributed by atoms with Crippen LogP contribution in [0.1, 0.15) is 5.56 Å². The molecule has 0 atom stereocenters. The number of anilines is 1. The van der Waals surface area contributed by atoms with Crippen LogP contribution in [0.2, 0.25) is 5.02 Å². The number of hydrogen-bond acceptors (Lipinski definition) is 3. The second-order valence-corrected chi connectivity index (χ2v) is 8.15. The van der Waals surface area contributed by atoms with Crippen LogP contribution in [0.25, 0.3) is 0 Å². The third-order valence-corrected chi connectivity index (χ3v) is 6.19. The Bertz CT molecular complexity index is 786. The highest BCUT2D eigenvalue weighted by molar-refractivity contribution is 7.88. The Hall–Kier alpha value is -1.63. The van der Waals surface area contributed by atoms with E-state index in [0.29, 0.717) is 31.2 Å². The summed E-state index contributed by atoms with van der Waals surface area (Å²) in [4.78, 5) is 2.06. The quantitative estimate of drug-likeness (QED) is 0.832. The highest BCUT2D eigenvalue weighted by atomic mass is 35.5. The first-order valence-corrected chi connectivity index (χ1v) is 9.65. The molecular weight excluding hydrogens is 351 g/mol. The summed E-state index contributed by atoms with van der Waals surface area (Å²) in [5.74, 6) is -0.302. The van der Waals surface area contributed by atoms with Crippen LogP contribution in [0.3, 0.4) is 0 Å². The summed E-state index contributed by atoms with van der Waals surface area (Å²) in [5.41, 5.74) is 1.63. The van der Waals surface area contributed by atoms with Gasteiger partial charge in [-0.05, 0) is 42.0 Å². The molecule has 2 aromatic rings. The number of rotatable bonds is 4. The summed E-state index contributed by atoms with van der Waals surface area (Å²) in [6.07, 6.45) is 0. The summed E-state index contributed by atoms with van der Waals surface area (Å²) in [5, 5.41) is 0.587. The van der Waals surface area contributed by atoms with E-state index in [4.69, 9.17) is 11.6 Å². The fourth-order valence-electron chi connectivity index (χ4n) is 2.76. The molecule has 0 radical (unpaired) electrons. The molecular formula is C17H18ClFN2O2S. The molecule has 1 aliphatic rings. The lowest BCUT2D eigenvalue weighted by Crippen LogP contribution is -2.49. The van der Waals surface area contributed by atoms with Crippen molar-refractivity contribution in [2.45, 2.75) is 5.75 Å². The Balaban J connectivity index is 1.62. The summed E-state index contributed by atoms with van der Waals surface area (Å²) < 4.78 is 39.6. The molecule has 1 fully saturated rings. The van der Waals surface area contributed by atoms with Crippen molar-refractivity contribution in [1.82, 2.24) is 4.31 Å². The maximum Gasteiger partial charge on any atom is 0.218 e. The molecule has 0 aliphatic carbocycles. The topological polar surface area (TPSA) is 40.6 Å². The van der Waals surface area contributed by atoms with Crippen LogP contribution in [-0.4, -0.2) is 38.9 Å². The van der Waals surface area contributed by atoms with E-state index in [1.54, 1.807) is 36.4 Å². The van der Waals surface area contributed by atoms with E-state index in [1.165, 1.54) is 16.4 Å². The van der Waals surface area contributed by atoms with Crippen LogP contribution in [0, 0.1) is 5.82 Å². The molecule has 1 aliphatic heterocycles. The molecule has 0 saturated carbocycles. The zero-order valence-corrected chi connectivity index (χ0v) is 14.6. The Labute approximate surface area is 146 Å². The fourth-order valence-corrected chi connectivity index (χ4v) is 4.40. The minimum Gasteiger partial charge on any atom is -0.369 e.